The van der Waals surface area contributed by atoms with Crippen molar-refractivity contribution in [3.63, 3.8) is 0 Å². The largest absolute Gasteiger partial charge is 0.370 e. The highest BCUT2D eigenvalue weighted by Gasteiger charge is 2.18. The summed E-state index contributed by atoms with van der Waals surface area (Å²) in [5.41, 5.74) is 9.84. The molecule has 0 radical (unpaired) electrons. The van der Waals surface area contributed by atoms with Crippen molar-refractivity contribution in [3.05, 3.63) is 147 Å². The monoisotopic (exact) mass is 791 g/mol. The summed E-state index contributed by atoms with van der Waals surface area (Å²) in [6.07, 6.45) is 6.58. The zero-order chi connectivity index (χ0) is 39.2. The van der Waals surface area contributed by atoms with Crippen LogP contribution in [-0.4, -0.2) is 38.0 Å². The maximum absolute atomic E-state index is 14.7. The van der Waals surface area contributed by atoms with Gasteiger partial charge in [-0.1, -0.05) is 18.2 Å². The Labute approximate surface area is 337 Å². The van der Waals surface area contributed by atoms with Crippen LogP contribution in [0.4, 0.5) is 26.1 Å². The molecular formula is C46H39F2N7S2. The molecule has 0 unspecified atom stereocenters. The van der Waals surface area contributed by atoms with Gasteiger partial charge in [0.2, 0.25) is 0 Å². The van der Waals surface area contributed by atoms with Gasteiger partial charge in [-0.05, 0) is 128 Å². The van der Waals surface area contributed by atoms with E-state index in [0.29, 0.717) is 19.5 Å². The summed E-state index contributed by atoms with van der Waals surface area (Å²) in [5.74, 6) is 1.07. The van der Waals surface area contributed by atoms with Gasteiger partial charge in [-0.3, -0.25) is 0 Å². The number of hydrogen-bond acceptors (Lipinski definition) is 8. The molecule has 0 atom stereocenters. The normalized spacial score (nSPS) is 11.6. The molecule has 4 aromatic carbocycles. The molecule has 9 aromatic rings. The van der Waals surface area contributed by atoms with Gasteiger partial charge < -0.3 is 15.2 Å². The highest BCUT2D eigenvalue weighted by Crippen LogP contribution is 2.37. The first-order valence-corrected chi connectivity index (χ1v) is 20.5. The predicted molar refractivity (Wildman–Crippen MR) is 232 cm³/mol. The molecule has 0 spiro atoms. The number of anilines is 3. The van der Waals surface area contributed by atoms with Crippen molar-refractivity contribution in [3.8, 4) is 22.5 Å². The molecule has 57 heavy (non-hydrogen) atoms. The molecule has 5 aromatic heterocycles. The number of benzene rings is 4. The summed E-state index contributed by atoms with van der Waals surface area (Å²) in [4.78, 5) is 26.4. The van der Waals surface area contributed by atoms with Crippen LogP contribution >= 0.6 is 22.7 Å². The number of nitrogens with zero attached hydrogens (tertiary/aromatic N) is 5. The number of H-pyrrole nitrogens is 1. The van der Waals surface area contributed by atoms with Gasteiger partial charge in [0.05, 0.1) is 11.4 Å². The topological polar surface area (TPSA) is 82.6 Å². The Morgan fingerprint density at radius 3 is 1.98 bits per heavy atom. The molecule has 0 aliphatic rings. The van der Waals surface area contributed by atoms with Crippen molar-refractivity contribution >= 4 is 71.1 Å². The Morgan fingerprint density at radius 2 is 1.28 bits per heavy atom. The first kappa shape index (κ1) is 36.6. The fourth-order valence-corrected chi connectivity index (χ4v) is 10.1. The van der Waals surface area contributed by atoms with Crippen LogP contribution in [-0.2, 0) is 12.8 Å². The van der Waals surface area contributed by atoms with E-state index >= 15 is 0 Å². The van der Waals surface area contributed by atoms with E-state index in [0.717, 1.165) is 94.0 Å². The van der Waals surface area contributed by atoms with Crippen molar-refractivity contribution in [2.45, 2.75) is 40.5 Å². The number of rotatable bonds is 11. The van der Waals surface area contributed by atoms with Gasteiger partial charge in [0.25, 0.3) is 0 Å². The Balaban J connectivity index is 0.988. The van der Waals surface area contributed by atoms with Gasteiger partial charge in [-0.15, -0.1) is 22.7 Å². The lowest BCUT2D eigenvalue weighted by Gasteiger charge is -2.25. The highest BCUT2D eigenvalue weighted by molar-refractivity contribution is 7.19. The third kappa shape index (κ3) is 7.24. The minimum Gasteiger partial charge on any atom is -0.370 e. The Morgan fingerprint density at radius 1 is 0.649 bits per heavy atom. The molecule has 0 aliphatic carbocycles. The minimum atomic E-state index is -0.215. The second-order valence-corrected chi connectivity index (χ2v) is 16.9. The molecule has 0 bridgehead atoms. The lowest BCUT2D eigenvalue weighted by atomic mass is 10.0. The van der Waals surface area contributed by atoms with Gasteiger partial charge in [0.1, 0.15) is 35.9 Å². The highest BCUT2D eigenvalue weighted by atomic mass is 32.1. The maximum atomic E-state index is 14.7. The molecule has 7 nitrogen and oxygen atoms in total. The number of fused-ring (bicyclic) bond motifs is 3. The van der Waals surface area contributed by atoms with Gasteiger partial charge >= 0.3 is 0 Å². The minimum absolute atomic E-state index is 0.202. The van der Waals surface area contributed by atoms with Crippen LogP contribution in [0.1, 0.15) is 32.0 Å². The second kappa shape index (κ2) is 15.1. The molecule has 0 saturated carbocycles. The zero-order valence-electron chi connectivity index (χ0n) is 32.0. The quantitative estimate of drug-likeness (QED) is 0.136. The number of hydrogen-bond donors (Lipinski definition) is 2. The van der Waals surface area contributed by atoms with Crippen molar-refractivity contribution < 1.29 is 8.78 Å². The predicted octanol–water partition coefficient (Wildman–Crippen LogP) is 12.1. The van der Waals surface area contributed by atoms with Gasteiger partial charge in [-0.2, -0.15) is 0 Å². The van der Waals surface area contributed by atoms with Gasteiger partial charge in [0, 0.05) is 78.3 Å². The zero-order valence-corrected chi connectivity index (χ0v) is 33.6. The summed E-state index contributed by atoms with van der Waals surface area (Å²) in [6.45, 7) is 9.42. The van der Waals surface area contributed by atoms with Crippen LogP contribution in [0.3, 0.4) is 0 Å². The Bertz CT molecular complexity index is 2930. The third-order valence-corrected chi connectivity index (χ3v) is 13.3. The fraction of sp³-hybridized carbons (Fsp3) is 0.174. The van der Waals surface area contributed by atoms with E-state index in [1.54, 1.807) is 59.6 Å². The van der Waals surface area contributed by atoms with Crippen LogP contribution in [0.25, 0.3) is 53.6 Å². The fourth-order valence-electron chi connectivity index (χ4n) is 7.81. The number of halogens is 2. The van der Waals surface area contributed by atoms with Crippen LogP contribution in [0.5, 0.6) is 0 Å². The van der Waals surface area contributed by atoms with Crippen molar-refractivity contribution in [2.24, 2.45) is 0 Å². The number of nitrogens with one attached hydrogen (secondary N) is 2. The van der Waals surface area contributed by atoms with Gasteiger partial charge in [0.15, 0.2) is 0 Å². The number of aromatic amines is 1. The summed E-state index contributed by atoms with van der Waals surface area (Å²) < 4.78 is 31.2. The van der Waals surface area contributed by atoms with Crippen molar-refractivity contribution in [1.29, 1.82) is 0 Å². The smallest absolute Gasteiger partial charge is 0.136 e. The molecule has 0 amide bonds. The van der Waals surface area contributed by atoms with Crippen LogP contribution < -0.4 is 10.2 Å². The maximum Gasteiger partial charge on any atom is 0.136 e. The molecular weight excluding hydrogens is 753 g/mol. The summed E-state index contributed by atoms with van der Waals surface area (Å²) in [7, 11) is 0. The molecule has 0 aliphatic heterocycles. The first-order chi connectivity index (χ1) is 27.7. The summed E-state index contributed by atoms with van der Waals surface area (Å²) in [5, 5.41) is 6.54. The van der Waals surface area contributed by atoms with Crippen molar-refractivity contribution in [1.82, 2.24) is 24.9 Å². The summed E-state index contributed by atoms with van der Waals surface area (Å²) in [6, 6.07) is 27.1. The van der Waals surface area contributed by atoms with Crippen molar-refractivity contribution in [2.75, 3.05) is 23.3 Å². The van der Waals surface area contributed by atoms with E-state index in [4.69, 9.17) is 4.98 Å². The van der Waals surface area contributed by atoms with Crippen LogP contribution in [0.15, 0.2) is 104 Å². The van der Waals surface area contributed by atoms with E-state index in [1.165, 1.54) is 15.3 Å². The molecule has 2 N–H and O–H groups in total. The lowest BCUT2D eigenvalue weighted by Crippen LogP contribution is -2.21. The lowest BCUT2D eigenvalue weighted by molar-refractivity contribution is 0.628. The number of aromatic nitrogens is 5. The van der Waals surface area contributed by atoms with E-state index in [1.807, 2.05) is 32.2 Å². The summed E-state index contributed by atoms with van der Waals surface area (Å²) >= 11 is 3.44. The van der Waals surface area contributed by atoms with Crippen LogP contribution in [0, 0.1) is 39.3 Å². The SMILES string of the molecule is Cc1sc2c(C)cc(F)cc2c1CCNc1cc(-c2ccc(N(CCc3c(C)sc4c(C)cc(F)cc34)c3cc(-c4ccc5[nH]ccc5c4)ncn3)cc2)ncn1. The molecule has 284 valence electrons. The average Bonchev–Trinajstić information content (AvgIpc) is 3.90. The van der Waals surface area contributed by atoms with E-state index in [2.05, 4.69) is 92.5 Å². The molecule has 11 heteroatoms. The standard InChI is InChI=1S/C46H39F2N7S2/c1-26-17-33(47)20-38-36(28(3)56-45(26)38)12-15-50-43-22-41(51-24-53-43)30-5-8-35(9-6-30)55(16-13-37-29(4)57-46-27(2)18-34(48)21-39(37)46)44-23-42(52-25-54-44)31-7-10-40-32(19-31)11-14-49-40/h5-11,14,17-25,49H,12-13,15-16H2,1-4H3,(H,50,51,53). The molecule has 0 saturated heterocycles. The van der Waals surface area contributed by atoms with Gasteiger partial charge in [-0.25, -0.2) is 28.7 Å². The van der Waals surface area contributed by atoms with E-state index in [-0.39, 0.29) is 11.6 Å². The number of thiophene rings is 2. The third-order valence-electron chi connectivity index (χ3n) is 10.7. The Kier molecular flexibility index (Phi) is 9.71. The van der Waals surface area contributed by atoms with E-state index in [9.17, 15) is 8.78 Å². The molecule has 9 rings (SSSR count). The Hall–Kier alpha value is -6.04. The first-order valence-electron chi connectivity index (χ1n) is 18.9. The average molecular weight is 792 g/mol. The van der Waals surface area contributed by atoms with Crippen LogP contribution in [0.2, 0.25) is 0 Å². The molecule has 0 fully saturated rings. The second-order valence-electron chi connectivity index (χ2n) is 14.4. The number of aryl methyl sites for hydroxylation is 4. The van der Waals surface area contributed by atoms with E-state index < -0.39 is 0 Å². The molecule has 5 heterocycles.